The first kappa shape index (κ1) is 11.8. The van der Waals surface area contributed by atoms with Gasteiger partial charge in [0.1, 0.15) is 0 Å². The van der Waals surface area contributed by atoms with Crippen LogP contribution in [0, 0.1) is 0 Å². The topological polar surface area (TPSA) is 53.6 Å². The number of nitrogens with zero attached hydrogens (tertiary/aromatic N) is 1. The van der Waals surface area contributed by atoms with Gasteiger partial charge in [-0.05, 0) is 12.8 Å². The van der Waals surface area contributed by atoms with Gasteiger partial charge in [-0.2, -0.15) is 0 Å². The third kappa shape index (κ3) is 3.73. The van der Waals surface area contributed by atoms with Crippen LogP contribution in [0.25, 0.3) is 0 Å². The predicted molar refractivity (Wildman–Crippen MR) is 61.3 cm³/mol. The summed E-state index contributed by atoms with van der Waals surface area (Å²) < 4.78 is 5.45. The van der Waals surface area contributed by atoms with E-state index in [0.29, 0.717) is 13.1 Å². The Hall–Kier alpha value is -0.650. The monoisotopic (exact) mass is 227 g/mol. The second-order valence-electron chi connectivity index (χ2n) is 4.47. The number of hydrogen-bond acceptors (Lipinski definition) is 4. The predicted octanol–water partition coefficient (Wildman–Crippen LogP) is -0.813. The van der Waals surface area contributed by atoms with E-state index in [2.05, 4.69) is 15.5 Å². The van der Waals surface area contributed by atoms with E-state index >= 15 is 0 Å². The van der Waals surface area contributed by atoms with E-state index in [-0.39, 0.29) is 12.0 Å². The molecule has 5 nitrogen and oxygen atoms in total. The maximum atomic E-state index is 11.6. The summed E-state index contributed by atoms with van der Waals surface area (Å²) in [5.41, 5.74) is 0. The highest BCUT2D eigenvalue weighted by Gasteiger charge is 2.17. The smallest absolute Gasteiger partial charge is 0.234 e. The molecule has 1 atom stereocenters. The first-order chi connectivity index (χ1) is 7.84. The summed E-state index contributed by atoms with van der Waals surface area (Å²) in [6.45, 7) is 5.94. The lowest BCUT2D eigenvalue weighted by Crippen LogP contribution is -2.48. The molecule has 0 aromatic carbocycles. The molecule has 0 radical (unpaired) electrons. The van der Waals surface area contributed by atoms with Crippen LogP contribution in [0.15, 0.2) is 0 Å². The molecule has 0 bridgehead atoms. The molecule has 92 valence electrons. The van der Waals surface area contributed by atoms with Gasteiger partial charge in [0.25, 0.3) is 0 Å². The number of hydrogen-bond donors (Lipinski definition) is 2. The second-order valence-corrected chi connectivity index (χ2v) is 4.47. The van der Waals surface area contributed by atoms with Crippen molar-refractivity contribution in [1.29, 1.82) is 0 Å². The molecule has 0 aromatic rings. The van der Waals surface area contributed by atoms with Crippen LogP contribution < -0.4 is 10.6 Å². The van der Waals surface area contributed by atoms with Gasteiger partial charge < -0.3 is 15.4 Å². The first-order valence-corrected chi connectivity index (χ1v) is 6.16. The molecule has 2 heterocycles. The molecule has 2 N–H and O–H groups in total. The Kier molecular flexibility index (Phi) is 4.56. The fraction of sp³-hybridized carbons (Fsp3) is 0.909. The Labute approximate surface area is 96.5 Å². The van der Waals surface area contributed by atoms with Gasteiger partial charge in [-0.25, -0.2) is 0 Å². The number of rotatable bonds is 4. The van der Waals surface area contributed by atoms with Crippen molar-refractivity contribution in [2.45, 2.75) is 18.9 Å². The van der Waals surface area contributed by atoms with Gasteiger partial charge in [-0.3, -0.25) is 9.69 Å². The summed E-state index contributed by atoms with van der Waals surface area (Å²) in [6, 6.07) is 0. The third-order valence-electron chi connectivity index (χ3n) is 3.13. The molecule has 2 saturated heterocycles. The van der Waals surface area contributed by atoms with Crippen LogP contribution in [0.2, 0.25) is 0 Å². The van der Waals surface area contributed by atoms with E-state index in [0.717, 1.165) is 45.6 Å². The third-order valence-corrected chi connectivity index (χ3v) is 3.13. The van der Waals surface area contributed by atoms with Crippen LogP contribution in [0.4, 0.5) is 0 Å². The van der Waals surface area contributed by atoms with Gasteiger partial charge in [-0.1, -0.05) is 0 Å². The molecule has 0 unspecified atom stereocenters. The molecule has 16 heavy (non-hydrogen) atoms. The normalized spacial score (nSPS) is 26.9. The zero-order valence-corrected chi connectivity index (χ0v) is 9.71. The zero-order valence-electron chi connectivity index (χ0n) is 9.71. The van der Waals surface area contributed by atoms with Crippen molar-refractivity contribution in [3.63, 3.8) is 0 Å². The maximum absolute atomic E-state index is 11.6. The quantitative estimate of drug-likeness (QED) is 0.659. The molecular weight excluding hydrogens is 206 g/mol. The minimum Gasteiger partial charge on any atom is -0.376 e. The Morgan fingerprint density at radius 3 is 2.94 bits per heavy atom. The molecule has 0 aromatic heterocycles. The standard InChI is InChI=1S/C11H21N3O2/c15-11(9-14-5-3-12-4-6-14)13-8-10-2-1-7-16-10/h10,12H,1-9H2,(H,13,15)/t10-/m0/s1. The lowest BCUT2D eigenvalue weighted by molar-refractivity contribution is -0.122. The van der Waals surface area contributed by atoms with Crippen LogP contribution in [0.5, 0.6) is 0 Å². The zero-order chi connectivity index (χ0) is 11.2. The summed E-state index contributed by atoms with van der Waals surface area (Å²) in [5.74, 6) is 0.123. The fourth-order valence-corrected chi connectivity index (χ4v) is 2.16. The molecule has 0 saturated carbocycles. The highest BCUT2D eigenvalue weighted by Crippen LogP contribution is 2.10. The van der Waals surface area contributed by atoms with Gasteiger partial charge in [0.2, 0.25) is 5.91 Å². The lowest BCUT2D eigenvalue weighted by atomic mass is 10.2. The summed E-state index contributed by atoms with van der Waals surface area (Å²) in [7, 11) is 0. The van der Waals surface area contributed by atoms with Crippen molar-refractivity contribution in [3.05, 3.63) is 0 Å². The summed E-state index contributed by atoms with van der Waals surface area (Å²) >= 11 is 0. The Morgan fingerprint density at radius 1 is 1.44 bits per heavy atom. The van der Waals surface area contributed by atoms with Gasteiger partial charge in [0, 0.05) is 39.3 Å². The average Bonchev–Trinajstić information content (AvgIpc) is 2.81. The van der Waals surface area contributed by atoms with Crippen molar-refractivity contribution >= 4 is 5.91 Å². The molecule has 0 aliphatic carbocycles. The van der Waals surface area contributed by atoms with Crippen molar-refractivity contribution in [2.75, 3.05) is 45.9 Å². The molecule has 2 aliphatic heterocycles. The van der Waals surface area contributed by atoms with E-state index in [1.54, 1.807) is 0 Å². The molecule has 2 rings (SSSR count). The summed E-state index contributed by atoms with van der Waals surface area (Å²) in [6.07, 6.45) is 2.44. The van der Waals surface area contributed by atoms with Gasteiger partial charge >= 0.3 is 0 Å². The Balaban J connectivity index is 1.59. The Morgan fingerprint density at radius 2 is 2.25 bits per heavy atom. The minimum absolute atomic E-state index is 0.123. The van der Waals surface area contributed by atoms with E-state index in [1.165, 1.54) is 0 Å². The van der Waals surface area contributed by atoms with Crippen LogP contribution in [-0.2, 0) is 9.53 Å². The van der Waals surface area contributed by atoms with Crippen LogP contribution >= 0.6 is 0 Å². The van der Waals surface area contributed by atoms with Crippen molar-refractivity contribution in [2.24, 2.45) is 0 Å². The first-order valence-electron chi connectivity index (χ1n) is 6.16. The van der Waals surface area contributed by atoms with Gasteiger partial charge in [0.05, 0.1) is 12.6 Å². The summed E-state index contributed by atoms with van der Waals surface area (Å²) in [4.78, 5) is 13.8. The largest absolute Gasteiger partial charge is 0.376 e. The van der Waals surface area contributed by atoms with Crippen molar-refractivity contribution in [1.82, 2.24) is 15.5 Å². The maximum Gasteiger partial charge on any atom is 0.234 e. The number of carbonyl (C=O) groups excluding carboxylic acids is 1. The number of ether oxygens (including phenoxy) is 1. The van der Waals surface area contributed by atoms with Crippen LogP contribution in [0.3, 0.4) is 0 Å². The van der Waals surface area contributed by atoms with Crippen LogP contribution in [0.1, 0.15) is 12.8 Å². The van der Waals surface area contributed by atoms with Crippen molar-refractivity contribution < 1.29 is 9.53 Å². The second kappa shape index (κ2) is 6.18. The number of nitrogens with one attached hydrogen (secondary N) is 2. The van der Waals surface area contributed by atoms with Gasteiger partial charge in [-0.15, -0.1) is 0 Å². The number of piperazine rings is 1. The van der Waals surface area contributed by atoms with E-state index in [1.807, 2.05) is 0 Å². The minimum atomic E-state index is 0.123. The number of carbonyl (C=O) groups is 1. The van der Waals surface area contributed by atoms with E-state index in [9.17, 15) is 4.79 Å². The summed E-state index contributed by atoms with van der Waals surface area (Å²) in [5, 5.41) is 6.22. The molecule has 5 heteroatoms. The molecule has 0 spiro atoms. The SMILES string of the molecule is O=C(CN1CCNCC1)NC[C@@H]1CCCO1. The van der Waals surface area contributed by atoms with Gasteiger partial charge in [0.15, 0.2) is 0 Å². The highest BCUT2D eigenvalue weighted by molar-refractivity contribution is 5.78. The lowest BCUT2D eigenvalue weighted by Gasteiger charge is -2.26. The van der Waals surface area contributed by atoms with E-state index < -0.39 is 0 Å². The fourth-order valence-electron chi connectivity index (χ4n) is 2.16. The van der Waals surface area contributed by atoms with Crippen molar-refractivity contribution in [3.8, 4) is 0 Å². The molecule has 2 aliphatic rings. The average molecular weight is 227 g/mol. The van der Waals surface area contributed by atoms with Crippen LogP contribution in [-0.4, -0.2) is 62.8 Å². The highest BCUT2D eigenvalue weighted by atomic mass is 16.5. The molecule has 1 amide bonds. The molecular formula is C11H21N3O2. The Bertz CT molecular complexity index is 223. The van der Waals surface area contributed by atoms with E-state index in [4.69, 9.17) is 4.74 Å². The molecule has 2 fully saturated rings. The number of amides is 1.